The van der Waals surface area contributed by atoms with Crippen LogP contribution in [0.25, 0.3) is 0 Å². The molecule has 1 aromatic carbocycles. The number of carboxylic acid groups (broad SMARTS) is 1. The van der Waals surface area contributed by atoms with Gasteiger partial charge in [0.05, 0.1) is 5.56 Å². The van der Waals surface area contributed by atoms with Gasteiger partial charge in [0.2, 0.25) is 0 Å². The molecule has 0 aliphatic rings. The van der Waals surface area contributed by atoms with Crippen LogP contribution in [0.15, 0.2) is 84.1 Å². The van der Waals surface area contributed by atoms with Crippen molar-refractivity contribution in [1.29, 1.82) is 0 Å². The first kappa shape index (κ1) is 32.4. The van der Waals surface area contributed by atoms with Crippen LogP contribution in [0.1, 0.15) is 82.0 Å². The van der Waals surface area contributed by atoms with Gasteiger partial charge in [0.1, 0.15) is 11.8 Å². The van der Waals surface area contributed by atoms with Crippen molar-refractivity contribution in [2.45, 2.75) is 77.7 Å². The fourth-order valence-electron chi connectivity index (χ4n) is 3.42. The molecule has 0 saturated carbocycles. The van der Waals surface area contributed by atoms with Crippen molar-refractivity contribution in [2.75, 3.05) is 11.9 Å². The van der Waals surface area contributed by atoms with E-state index < -0.39 is 12.1 Å². The van der Waals surface area contributed by atoms with Crippen LogP contribution in [-0.4, -0.2) is 29.7 Å². The summed E-state index contributed by atoms with van der Waals surface area (Å²) in [4.78, 5) is 34.5. The maximum atomic E-state index is 12.5. The predicted octanol–water partition coefficient (Wildman–Crippen LogP) is 8.44. The number of unbranched alkanes of at least 4 members (excludes halogenated alkanes) is 2. The summed E-state index contributed by atoms with van der Waals surface area (Å²) in [5.41, 5.74) is -0.173. The van der Waals surface area contributed by atoms with Gasteiger partial charge in [-0.3, -0.25) is 4.79 Å². The zero-order chi connectivity index (χ0) is 27.8. The average molecular weight is 523 g/mol. The number of nitrogens with zero attached hydrogens (tertiary/aromatic N) is 1. The van der Waals surface area contributed by atoms with Gasteiger partial charge in [-0.25, -0.2) is 4.79 Å². The van der Waals surface area contributed by atoms with E-state index >= 15 is 0 Å². The van der Waals surface area contributed by atoms with Crippen LogP contribution < -0.4 is 5.32 Å². The Morgan fingerprint density at radius 2 is 1.47 bits per heavy atom. The second kappa shape index (κ2) is 21.5. The number of carbonyl (C=O) groups is 2. The van der Waals surface area contributed by atoms with Gasteiger partial charge in [-0.05, 0) is 81.2 Å². The first-order chi connectivity index (χ1) is 18.5. The number of nitroso groups, excluding NO2 is 1. The summed E-state index contributed by atoms with van der Waals surface area (Å²) in [7, 11) is 0. The average Bonchev–Trinajstić information content (AvgIpc) is 2.91. The van der Waals surface area contributed by atoms with E-state index in [4.69, 9.17) is 4.74 Å². The van der Waals surface area contributed by atoms with Gasteiger partial charge in [-0.1, -0.05) is 74.6 Å². The Kier molecular flexibility index (Phi) is 18.4. The molecule has 1 unspecified atom stereocenters. The SMILES string of the molecule is CC/C=C\C/C=C\C/C=C\C/C=C\C/C=C\CCCCOC(CC)C(=O)Nc1ccc(N=O)c(C(=O)O)c1. The topological polar surface area (TPSA) is 105 Å². The lowest BCUT2D eigenvalue weighted by atomic mass is 10.1. The molecule has 1 atom stereocenters. The molecule has 0 aromatic heterocycles. The zero-order valence-corrected chi connectivity index (χ0v) is 22.7. The first-order valence-electron chi connectivity index (χ1n) is 13.4. The third-order valence-corrected chi connectivity index (χ3v) is 5.50. The van der Waals surface area contributed by atoms with Crippen LogP contribution in [0.2, 0.25) is 0 Å². The quantitative estimate of drug-likeness (QED) is 0.102. The molecule has 1 aromatic rings. The highest BCUT2D eigenvalue weighted by Gasteiger charge is 2.18. The lowest BCUT2D eigenvalue weighted by Crippen LogP contribution is -2.30. The number of ether oxygens (including phenoxy) is 1. The normalized spacial score (nSPS) is 12.9. The van der Waals surface area contributed by atoms with Crippen LogP contribution in [0.3, 0.4) is 0 Å². The molecule has 1 rings (SSSR count). The van der Waals surface area contributed by atoms with E-state index in [0.29, 0.717) is 13.0 Å². The highest BCUT2D eigenvalue weighted by atomic mass is 16.5. The van der Waals surface area contributed by atoms with Crippen molar-refractivity contribution in [2.24, 2.45) is 5.18 Å². The van der Waals surface area contributed by atoms with Gasteiger partial charge >= 0.3 is 5.97 Å². The van der Waals surface area contributed by atoms with Gasteiger partial charge in [0, 0.05) is 12.3 Å². The number of aromatic carboxylic acids is 1. The molecule has 1 amide bonds. The van der Waals surface area contributed by atoms with Gasteiger partial charge in [0.25, 0.3) is 5.91 Å². The summed E-state index contributed by atoms with van der Waals surface area (Å²) in [6.07, 6.45) is 29.3. The first-order valence-corrected chi connectivity index (χ1v) is 13.4. The molecule has 7 nitrogen and oxygen atoms in total. The predicted molar refractivity (Wildman–Crippen MR) is 156 cm³/mol. The number of anilines is 1. The van der Waals surface area contributed by atoms with Gasteiger partial charge in [-0.15, -0.1) is 4.91 Å². The molecule has 0 bridgehead atoms. The second-order valence-electron chi connectivity index (χ2n) is 8.59. The van der Waals surface area contributed by atoms with Gasteiger partial charge < -0.3 is 15.2 Å². The van der Waals surface area contributed by atoms with Crippen molar-refractivity contribution in [3.05, 3.63) is 89.4 Å². The molecule has 2 N–H and O–H groups in total. The maximum Gasteiger partial charge on any atom is 0.338 e. The molecule has 7 heteroatoms. The Morgan fingerprint density at radius 3 is 2.00 bits per heavy atom. The van der Waals surface area contributed by atoms with E-state index in [1.54, 1.807) is 0 Å². The number of carbonyl (C=O) groups excluding carboxylic acids is 1. The molecule has 0 radical (unpaired) electrons. The van der Waals surface area contributed by atoms with E-state index in [-0.39, 0.29) is 22.8 Å². The number of benzene rings is 1. The van der Waals surface area contributed by atoms with Gasteiger partial charge in [-0.2, -0.15) is 0 Å². The zero-order valence-electron chi connectivity index (χ0n) is 22.7. The summed E-state index contributed by atoms with van der Waals surface area (Å²) >= 11 is 0. The highest BCUT2D eigenvalue weighted by molar-refractivity contribution is 5.98. The molecule has 0 heterocycles. The van der Waals surface area contributed by atoms with E-state index in [1.807, 2.05) is 6.92 Å². The van der Waals surface area contributed by atoms with Crippen molar-refractivity contribution in [3.63, 3.8) is 0 Å². The summed E-state index contributed by atoms with van der Waals surface area (Å²) in [5.74, 6) is -1.64. The molecular formula is C31H42N2O5. The fraction of sp³-hybridized carbons (Fsp3) is 0.419. The Bertz CT molecular complexity index is 992. The van der Waals surface area contributed by atoms with E-state index in [2.05, 4.69) is 78.2 Å². The lowest BCUT2D eigenvalue weighted by Gasteiger charge is -2.16. The summed E-state index contributed by atoms with van der Waals surface area (Å²) < 4.78 is 5.73. The second-order valence-corrected chi connectivity index (χ2v) is 8.59. The van der Waals surface area contributed by atoms with Crippen LogP contribution in [0.5, 0.6) is 0 Å². The molecule has 0 aliphatic carbocycles. The van der Waals surface area contributed by atoms with E-state index in [1.165, 1.54) is 18.2 Å². The third kappa shape index (κ3) is 14.9. The molecule has 0 spiro atoms. The smallest absolute Gasteiger partial charge is 0.338 e. The Hall–Kier alpha value is -3.58. The molecular weight excluding hydrogens is 480 g/mol. The number of allylic oxidation sites excluding steroid dienone is 10. The third-order valence-electron chi connectivity index (χ3n) is 5.50. The van der Waals surface area contributed by atoms with E-state index in [0.717, 1.165) is 51.4 Å². The van der Waals surface area contributed by atoms with E-state index in [9.17, 15) is 19.6 Å². The summed E-state index contributed by atoms with van der Waals surface area (Å²) in [6.45, 7) is 4.45. The molecule has 0 aliphatic heterocycles. The number of amides is 1. The maximum absolute atomic E-state index is 12.5. The minimum Gasteiger partial charge on any atom is -0.478 e. The summed E-state index contributed by atoms with van der Waals surface area (Å²) in [6, 6.07) is 3.93. The monoisotopic (exact) mass is 522 g/mol. The number of nitrogens with one attached hydrogen (secondary N) is 1. The molecule has 38 heavy (non-hydrogen) atoms. The Balaban J connectivity index is 2.19. The standard InChI is InChI=1S/C31H42N2O5/c1-3-5-6-7-8-9-10-11-12-13-14-15-16-17-18-19-20-21-24-38-29(4-2)30(34)32-26-22-23-28(33-37)27(25-26)31(35)36/h5-6,8-9,11-12,14-15,17-18,22-23,25,29H,3-4,7,10,13,16,19-21,24H2,1-2H3,(H,32,34)(H,35,36)/b6-5-,9-8-,12-11-,15-14-,18-17-. The number of hydrogen-bond donors (Lipinski definition) is 2. The van der Waals surface area contributed by atoms with Crippen LogP contribution in [0.4, 0.5) is 11.4 Å². The van der Waals surface area contributed by atoms with Crippen LogP contribution in [-0.2, 0) is 9.53 Å². The van der Waals surface area contributed by atoms with Crippen LogP contribution >= 0.6 is 0 Å². The molecule has 0 fully saturated rings. The molecule has 206 valence electrons. The minimum atomic E-state index is -1.29. The number of carboxylic acids is 1. The fourth-order valence-corrected chi connectivity index (χ4v) is 3.42. The molecule has 0 saturated heterocycles. The number of rotatable bonds is 20. The Labute approximate surface area is 227 Å². The van der Waals surface area contributed by atoms with Crippen molar-refractivity contribution < 1.29 is 19.4 Å². The van der Waals surface area contributed by atoms with Crippen molar-refractivity contribution in [1.82, 2.24) is 0 Å². The lowest BCUT2D eigenvalue weighted by molar-refractivity contribution is -0.127. The number of hydrogen-bond acceptors (Lipinski definition) is 5. The van der Waals surface area contributed by atoms with Crippen LogP contribution in [0, 0.1) is 4.91 Å². The van der Waals surface area contributed by atoms with Gasteiger partial charge in [0.15, 0.2) is 0 Å². The summed E-state index contributed by atoms with van der Waals surface area (Å²) in [5, 5.41) is 14.5. The largest absolute Gasteiger partial charge is 0.478 e. The van der Waals surface area contributed by atoms with Crippen molar-refractivity contribution in [3.8, 4) is 0 Å². The minimum absolute atomic E-state index is 0.189. The highest BCUT2D eigenvalue weighted by Crippen LogP contribution is 2.23. The van der Waals surface area contributed by atoms with Crippen molar-refractivity contribution >= 4 is 23.3 Å². The Morgan fingerprint density at radius 1 is 0.895 bits per heavy atom.